The molecule has 0 spiro atoms. The van der Waals surface area contributed by atoms with Crippen molar-refractivity contribution in [2.45, 2.75) is 12.3 Å². The third kappa shape index (κ3) is 2.24. The Bertz CT molecular complexity index is 962. The van der Waals surface area contributed by atoms with Crippen LogP contribution in [0.25, 0.3) is 11.0 Å². The van der Waals surface area contributed by atoms with Gasteiger partial charge in [-0.3, -0.25) is 14.5 Å². The van der Waals surface area contributed by atoms with Crippen LogP contribution in [0.4, 0.5) is 5.82 Å². The van der Waals surface area contributed by atoms with Gasteiger partial charge in [0.05, 0.1) is 16.7 Å². The summed E-state index contributed by atoms with van der Waals surface area (Å²) in [5, 5.41) is 3.94. The summed E-state index contributed by atoms with van der Waals surface area (Å²) in [6, 6.07) is 8.74. The summed E-state index contributed by atoms with van der Waals surface area (Å²) in [6.45, 7) is 1.75. The molecule has 0 aliphatic carbocycles. The molecular formula is C16H12N2O4S. The summed E-state index contributed by atoms with van der Waals surface area (Å²) < 4.78 is 10.6. The second-order valence-electron chi connectivity index (χ2n) is 5.24. The van der Waals surface area contributed by atoms with E-state index in [4.69, 9.17) is 8.94 Å². The summed E-state index contributed by atoms with van der Waals surface area (Å²) in [5.41, 5.74) is 0.823. The molecule has 23 heavy (non-hydrogen) atoms. The highest BCUT2D eigenvalue weighted by molar-refractivity contribution is 8.00. The summed E-state index contributed by atoms with van der Waals surface area (Å²) in [7, 11) is 0. The van der Waals surface area contributed by atoms with Crippen LogP contribution in [0.2, 0.25) is 0 Å². The highest BCUT2D eigenvalue weighted by atomic mass is 32.2. The van der Waals surface area contributed by atoms with Crippen molar-refractivity contribution in [2.75, 3.05) is 10.7 Å². The lowest BCUT2D eigenvalue weighted by Gasteiger charge is -2.20. The van der Waals surface area contributed by atoms with Crippen molar-refractivity contribution in [2.24, 2.45) is 0 Å². The Hall–Kier alpha value is -2.54. The van der Waals surface area contributed by atoms with Gasteiger partial charge in [-0.25, -0.2) is 0 Å². The molecule has 1 aromatic carbocycles. The maximum absolute atomic E-state index is 12.7. The molecule has 1 aliphatic rings. The monoisotopic (exact) mass is 328 g/mol. The normalized spacial score (nSPS) is 18.0. The molecule has 116 valence electrons. The molecule has 1 aliphatic heterocycles. The SMILES string of the molecule is Cc1cc(N2C(=O)CSC2c2coc3ccccc3c2=O)no1. The Labute approximate surface area is 135 Å². The number of rotatable bonds is 2. The van der Waals surface area contributed by atoms with Crippen LogP contribution in [-0.2, 0) is 4.79 Å². The maximum atomic E-state index is 12.7. The van der Waals surface area contributed by atoms with Gasteiger partial charge in [-0.05, 0) is 19.1 Å². The maximum Gasteiger partial charge on any atom is 0.239 e. The lowest BCUT2D eigenvalue weighted by molar-refractivity contribution is -0.115. The van der Waals surface area contributed by atoms with Crippen molar-refractivity contribution in [1.82, 2.24) is 5.16 Å². The fourth-order valence-corrected chi connectivity index (χ4v) is 3.79. The minimum atomic E-state index is -0.465. The number of carbonyl (C=O) groups is 1. The minimum absolute atomic E-state index is 0.110. The van der Waals surface area contributed by atoms with Gasteiger partial charge in [0.2, 0.25) is 5.91 Å². The van der Waals surface area contributed by atoms with Crippen molar-refractivity contribution >= 4 is 34.5 Å². The Morgan fingerprint density at radius 3 is 2.91 bits per heavy atom. The third-order valence-corrected chi connectivity index (χ3v) is 4.90. The Balaban J connectivity index is 1.84. The first-order valence-electron chi connectivity index (χ1n) is 7.02. The van der Waals surface area contributed by atoms with Gasteiger partial charge >= 0.3 is 0 Å². The van der Waals surface area contributed by atoms with Crippen LogP contribution in [0, 0.1) is 6.92 Å². The first-order valence-corrected chi connectivity index (χ1v) is 8.07. The smallest absolute Gasteiger partial charge is 0.239 e. The number of carbonyl (C=O) groups excluding carboxylic acids is 1. The number of benzene rings is 1. The summed E-state index contributed by atoms with van der Waals surface area (Å²) in [5.74, 6) is 1.19. The van der Waals surface area contributed by atoms with Crippen molar-refractivity contribution in [1.29, 1.82) is 0 Å². The lowest BCUT2D eigenvalue weighted by Crippen LogP contribution is -2.30. The van der Waals surface area contributed by atoms with E-state index in [1.165, 1.54) is 22.9 Å². The standard InChI is InChI=1S/C16H12N2O4S/c1-9-6-13(17-22-9)18-14(19)8-23-16(18)11-7-21-12-5-3-2-4-10(12)15(11)20/h2-7,16H,8H2,1H3. The van der Waals surface area contributed by atoms with Crippen LogP contribution in [0.15, 0.2) is 50.3 Å². The van der Waals surface area contributed by atoms with Gasteiger partial charge in [-0.1, -0.05) is 17.3 Å². The van der Waals surface area contributed by atoms with Gasteiger partial charge < -0.3 is 8.94 Å². The molecular weight excluding hydrogens is 316 g/mol. The average molecular weight is 328 g/mol. The van der Waals surface area contributed by atoms with E-state index in [9.17, 15) is 9.59 Å². The van der Waals surface area contributed by atoms with E-state index in [2.05, 4.69) is 5.16 Å². The molecule has 1 amide bonds. The van der Waals surface area contributed by atoms with Gasteiger partial charge in [0.15, 0.2) is 11.2 Å². The van der Waals surface area contributed by atoms with E-state index in [-0.39, 0.29) is 17.1 Å². The van der Waals surface area contributed by atoms with Crippen LogP contribution in [0.3, 0.4) is 0 Å². The number of hydrogen-bond acceptors (Lipinski definition) is 6. The van der Waals surface area contributed by atoms with Gasteiger partial charge in [0.25, 0.3) is 0 Å². The zero-order chi connectivity index (χ0) is 16.0. The molecule has 1 saturated heterocycles. The van der Waals surface area contributed by atoms with E-state index in [1.54, 1.807) is 31.2 Å². The van der Waals surface area contributed by atoms with Crippen LogP contribution in [-0.4, -0.2) is 16.8 Å². The number of amides is 1. The van der Waals surface area contributed by atoms with Gasteiger partial charge in [0, 0.05) is 6.07 Å². The molecule has 3 heterocycles. The highest BCUT2D eigenvalue weighted by Crippen LogP contribution is 2.40. The molecule has 1 fully saturated rings. The molecule has 0 saturated carbocycles. The predicted molar refractivity (Wildman–Crippen MR) is 86.4 cm³/mol. The molecule has 1 atom stereocenters. The fourth-order valence-electron chi connectivity index (χ4n) is 2.63. The Kier molecular flexibility index (Phi) is 3.23. The van der Waals surface area contributed by atoms with Gasteiger partial charge in [-0.15, -0.1) is 11.8 Å². The molecule has 3 aromatic rings. The number of thioether (sulfide) groups is 1. The molecule has 4 rings (SSSR count). The first-order chi connectivity index (χ1) is 11.1. The predicted octanol–water partition coefficient (Wildman–Crippen LogP) is 2.87. The number of aryl methyl sites for hydroxylation is 1. The Morgan fingerprint density at radius 2 is 2.13 bits per heavy atom. The Morgan fingerprint density at radius 1 is 1.30 bits per heavy atom. The lowest BCUT2D eigenvalue weighted by atomic mass is 10.1. The topological polar surface area (TPSA) is 76.6 Å². The largest absolute Gasteiger partial charge is 0.464 e. The molecule has 7 heteroatoms. The molecule has 2 aromatic heterocycles. The highest BCUT2D eigenvalue weighted by Gasteiger charge is 2.37. The molecule has 6 nitrogen and oxygen atoms in total. The summed E-state index contributed by atoms with van der Waals surface area (Å²) in [4.78, 5) is 26.5. The van der Waals surface area contributed by atoms with Crippen molar-refractivity contribution in [3.63, 3.8) is 0 Å². The minimum Gasteiger partial charge on any atom is -0.464 e. The van der Waals surface area contributed by atoms with Crippen LogP contribution < -0.4 is 10.3 Å². The second-order valence-corrected chi connectivity index (χ2v) is 6.31. The van der Waals surface area contributed by atoms with Crippen molar-refractivity contribution in [3.05, 3.63) is 58.1 Å². The number of nitrogens with zero attached hydrogens (tertiary/aromatic N) is 2. The van der Waals surface area contributed by atoms with Crippen molar-refractivity contribution in [3.8, 4) is 0 Å². The number of anilines is 1. The first kappa shape index (κ1) is 14.1. The van der Waals surface area contributed by atoms with Crippen molar-refractivity contribution < 1.29 is 13.7 Å². The van der Waals surface area contributed by atoms with Crippen LogP contribution >= 0.6 is 11.8 Å². The van der Waals surface area contributed by atoms with Gasteiger partial charge in [0.1, 0.15) is 23.0 Å². The summed E-state index contributed by atoms with van der Waals surface area (Å²) >= 11 is 1.37. The number of hydrogen-bond donors (Lipinski definition) is 0. The molecule has 0 bridgehead atoms. The second kappa shape index (κ2) is 5.27. The summed E-state index contributed by atoms with van der Waals surface area (Å²) in [6.07, 6.45) is 1.43. The molecule has 0 N–H and O–H groups in total. The zero-order valence-electron chi connectivity index (χ0n) is 12.2. The number of para-hydroxylation sites is 1. The molecule has 1 unspecified atom stereocenters. The van der Waals surface area contributed by atoms with E-state index in [0.717, 1.165) is 0 Å². The number of fused-ring (bicyclic) bond motifs is 1. The zero-order valence-corrected chi connectivity index (χ0v) is 13.0. The third-order valence-electron chi connectivity index (χ3n) is 3.70. The quantitative estimate of drug-likeness (QED) is 0.720. The number of aromatic nitrogens is 1. The van der Waals surface area contributed by atoms with Crippen LogP contribution in [0.1, 0.15) is 16.7 Å². The van der Waals surface area contributed by atoms with E-state index >= 15 is 0 Å². The van der Waals surface area contributed by atoms with Crippen LogP contribution in [0.5, 0.6) is 0 Å². The molecule has 0 radical (unpaired) electrons. The van der Waals surface area contributed by atoms with E-state index < -0.39 is 5.37 Å². The van der Waals surface area contributed by atoms with E-state index in [0.29, 0.717) is 28.1 Å². The fraction of sp³-hybridized carbons (Fsp3) is 0.188. The van der Waals surface area contributed by atoms with Gasteiger partial charge in [-0.2, -0.15) is 0 Å². The average Bonchev–Trinajstić information content (AvgIpc) is 3.14. The van der Waals surface area contributed by atoms with E-state index in [1.807, 2.05) is 6.07 Å².